The number of rotatable bonds is 8. The molecule has 0 atom stereocenters. The van der Waals surface area contributed by atoms with Crippen molar-refractivity contribution >= 4 is 21.8 Å². The first kappa shape index (κ1) is 18.5. The van der Waals surface area contributed by atoms with Gasteiger partial charge in [0.2, 0.25) is 10.0 Å². The molecule has 0 aliphatic rings. The second-order valence-electron chi connectivity index (χ2n) is 5.59. The van der Waals surface area contributed by atoms with Crippen LogP contribution in [0.15, 0.2) is 9.31 Å². The molecule has 1 aromatic rings. The third kappa shape index (κ3) is 4.74. The zero-order valence-electron chi connectivity index (χ0n) is 13.7. The molecule has 1 heterocycles. The average Bonchev–Trinajstić information content (AvgIpc) is 2.69. The highest BCUT2D eigenvalue weighted by Gasteiger charge is 2.28. The van der Waals surface area contributed by atoms with E-state index in [1.807, 2.05) is 27.0 Å². The van der Waals surface area contributed by atoms with Crippen LogP contribution in [-0.4, -0.2) is 32.5 Å². The van der Waals surface area contributed by atoms with Crippen molar-refractivity contribution in [2.45, 2.75) is 50.8 Å². The van der Waals surface area contributed by atoms with Crippen molar-refractivity contribution in [3.8, 4) is 0 Å². The van der Waals surface area contributed by atoms with Gasteiger partial charge in [0.1, 0.15) is 16.4 Å². The van der Waals surface area contributed by atoms with Gasteiger partial charge >= 0.3 is 0 Å². The van der Waals surface area contributed by atoms with Gasteiger partial charge in [-0.3, -0.25) is 0 Å². The van der Waals surface area contributed by atoms with Crippen LogP contribution in [0.1, 0.15) is 37.9 Å². The predicted octanol–water partition coefficient (Wildman–Crippen LogP) is 2.43. The van der Waals surface area contributed by atoms with Crippen LogP contribution >= 0.6 is 11.8 Å². The van der Waals surface area contributed by atoms with Crippen molar-refractivity contribution in [1.29, 1.82) is 0 Å². The molecular formula is C14H26N2O3S2. The van der Waals surface area contributed by atoms with Gasteiger partial charge < -0.3 is 9.73 Å². The van der Waals surface area contributed by atoms with E-state index in [4.69, 9.17) is 4.42 Å². The molecule has 0 radical (unpaired) electrons. The summed E-state index contributed by atoms with van der Waals surface area (Å²) in [4.78, 5) is 0.276. The minimum absolute atomic E-state index is 0.151. The maximum atomic E-state index is 12.6. The van der Waals surface area contributed by atoms with Crippen molar-refractivity contribution in [3.63, 3.8) is 0 Å². The molecule has 0 fully saturated rings. The van der Waals surface area contributed by atoms with Crippen LogP contribution < -0.4 is 10.0 Å². The molecule has 2 N–H and O–H groups in total. The maximum absolute atomic E-state index is 12.6. The summed E-state index contributed by atoms with van der Waals surface area (Å²) in [5, 5.41) is 3.16. The molecule has 122 valence electrons. The van der Waals surface area contributed by atoms with E-state index in [9.17, 15) is 8.42 Å². The Morgan fingerprint density at radius 2 is 1.86 bits per heavy atom. The molecule has 0 saturated heterocycles. The summed E-state index contributed by atoms with van der Waals surface area (Å²) in [6, 6.07) is 0. The summed E-state index contributed by atoms with van der Waals surface area (Å²) in [5.41, 5.74) is 0.712. The van der Waals surface area contributed by atoms with Crippen LogP contribution in [0, 0.1) is 13.8 Å². The summed E-state index contributed by atoms with van der Waals surface area (Å²) in [5.74, 6) is 1.09. The van der Waals surface area contributed by atoms with Crippen LogP contribution in [0.25, 0.3) is 0 Å². The standard InChI is InChI=1S/C14H26N2O3S2/c1-7-15-8-12-10(2)19-11(3)13(12)21(17,18)16-9-14(4,5)20-6/h15-16H,7-9H2,1-6H3. The SMILES string of the molecule is CCNCc1c(C)oc(C)c1S(=O)(=O)NCC(C)(C)SC. The van der Waals surface area contributed by atoms with Gasteiger partial charge in [0.05, 0.1) is 0 Å². The lowest BCUT2D eigenvalue weighted by Crippen LogP contribution is -2.36. The molecule has 0 aromatic carbocycles. The summed E-state index contributed by atoms with van der Waals surface area (Å²) in [6.07, 6.45) is 1.97. The van der Waals surface area contributed by atoms with E-state index >= 15 is 0 Å². The Bertz CT molecular complexity index is 577. The second-order valence-corrected chi connectivity index (χ2v) is 8.81. The molecule has 5 nitrogen and oxygen atoms in total. The van der Waals surface area contributed by atoms with Crippen molar-refractivity contribution in [3.05, 3.63) is 17.1 Å². The van der Waals surface area contributed by atoms with Gasteiger partial charge in [0, 0.05) is 23.4 Å². The van der Waals surface area contributed by atoms with Crippen molar-refractivity contribution in [1.82, 2.24) is 10.0 Å². The fourth-order valence-electron chi connectivity index (χ4n) is 1.93. The van der Waals surface area contributed by atoms with Gasteiger partial charge in [-0.1, -0.05) is 6.92 Å². The second kappa shape index (κ2) is 7.17. The molecule has 0 bridgehead atoms. The largest absolute Gasteiger partial charge is 0.465 e. The van der Waals surface area contributed by atoms with Crippen LogP contribution in [0.3, 0.4) is 0 Å². The quantitative estimate of drug-likeness (QED) is 0.764. The number of hydrogen-bond donors (Lipinski definition) is 2. The molecule has 0 unspecified atom stereocenters. The third-order valence-electron chi connectivity index (χ3n) is 3.39. The van der Waals surface area contributed by atoms with Gasteiger partial charge in [0.15, 0.2) is 0 Å². The van der Waals surface area contributed by atoms with Gasteiger partial charge in [0.25, 0.3) is 0 Å². The van der Waals surface area contributed by atoms with E-state index in [1.54, 1.807) is 25.6 Å². The molecule has 0 aliphatic heterocycles. The van der Waals surface area contributed by atoms with Gasteiger partial charge in [-0.2, -0.15) is 11.8 Å². The van der Waals surface area contributed by atoms with Crippen molar-refractivity contribution in [2.75, 3.05) is 19.3 Å². The van der Waals surface area contributed by atoms with E-state index in [2.05, 4.69) is 10.0 Å². The summed E-state index contributed by atoms with van der Waals surface area (Å²) in [6.45, 7) is 11.1. The number of thioether (sulfide) groups is 1. The first-order valence-corrected chi connectivity index (χ1v) is 9.69. The van der Waals surface area contributed by atoms with E-state index in [1.165, 1.54) is 0 Å². The van der Waals surface area contributed by atoms with Crippen LogP contribution in [-0.2, 0) is 16.6 Å². The van der Waals surface area contributed by atoms with Crippen molar-refractivity contribution in [2.24, 2.45) is 0 Å². The molecular weight excluding hydrogens is 308 g/mol. The highest BCUT2D eigenvalue weighted by molar-refractivity contribution is 8.00. The molecule has 0 spiro atoms. The number of sulfonamides is 1. The Balaban J connectivity index is 3.07. The number of hydrogen-bond acceptors (Lipinski definition) is 5. The number of furan rings is 1. The Kier molecular flexibility index (Phi) is 6.34. The lowest BCUT2D eigenvalue weighted by atomic mass is 10.2. The van der Waals surface area contributed by atoms with Crippen LogP contribution in [0.5, 0.6) is 0 Å². The monoisotopic (exact) mass is 334 g/mol. The number of nitrogens with one attached hydrogen (secondary N) is 2. The zero-order chi connectivity index (χ0) is 16.3. The van der Waals surface area contributed by atoms with Crippen molar-refractivity contribution < 1.29 is 12.8 Å². The smallest absolute Gasteiger partial charge is 0.244 e. The Labute approximate surface area is 132 Å². The summed E-state index contributed by atoms with van der Waals surface area (Å²) >= 11 is 1.63. The zero-order valence-corrected chi connectivity index (χ0v) is 15.3. The molecule has 1 rings (SSSR count). The fraction of sp³-hybridized carbons (Fsp3) is 0.714. The Hall–Kier alpha value is -0.500. The van der Waals surface area contributed by atoms with Crippen LogP contribution in [0.4, 0.5) is 0 Å². The minimum atomic E-state index is -3.57. The lowest BCUT2D eigenvalue weighted by molar-refractivity contribution is 0.492. The Morgan fingerprint density at radius 3 is 2.38 bits per heavy atom. The molecule has 7 heteroatoms. The average molecular weight is 335 g/mol. The predicted molar refractivity (Wildman–Crippen MR) is 88.3 cm³/mol. The van der Waals surface area contributed by atoms with E-state index in [0.29, 0.717) is 30.2 Å². The Morgan fingerprint density at radius 1 is 1.24 bits per heavy atom. The maximum Gasteiger partial charge on any atom is 0.244 e. The topological polar surface area (TPSA) is 71.3 Å². The molecule has 1 aromatic heterocycles. The summed E-state index contributed by atoms with van der Waals surface area (Å²) < 4.78 is 33.3. The first-order chi connectivity index (χ1) is 9.64. The normalized spacial score (nSPS) is 12.9. The van der Waals surface area contributed by atoms with Gasteiger partial charge in [-0.15, -0.1) is 0 Å². The third-order valence-corrected chi connectivity index (χ3v) is 6.23. The minimum Gasteiger partial charge on any atom is -0.465 e. The first-order valence-electron chi connectivity index (χ1n) is 6.99. The molecule has 0 saturated carbocycles. The highest BCUT2D eigenvalue weighted by Crippen LogP contribution is 2.27. The van der Waals surface area contributed by atoms with E-state index in [0.717, 1.165) is 6.54 Å². The van der Waals surface area contributed by atoms with E-state index in [-0.39, 0.29) is 9.64 Å². The molecule has 0 aliphatic carbocycles. The molecule has 0 amide bonds. The van der Waals surface area contributed by atoms with Gasteiger partial charge in [-0.25, -0.2) is 13.1 Å². The fourth-order valence-corrected chi connectivity index (χ4v) is 3.89. The highest BCUT2D eigenvalue weighted by atomic mass is 32.2. The molecule has 21 heavy (non-hydrogen) atoms. The van der Waals surface area contributed by atoms with E-state index < -0.39 is 10.0 Å². The summed E-state index contributed by atoms with van der Waals surface area (Å²) in [7, 11) is -3.57. The lowest BCUT2D eigenvalue weighted by Gasteiger charge is -2.22. The van der Waals surface area contributed by atoms with Gasteiger partial charge in [-0.05, 0) is 40.5 Å². The van der Waals surface area contributed by atoms with Crippen LogP contribution in [0.2, 0.25) is 0 Å². The number of aryl methyl sites for hydroxylation is 2.